The lowest BCUT2D eigenvalue weighted by Gasteiger charge is -2.16. The second-order valence-corrected chi connectivity index (χ2v) is 8.26. The first-order valence-electron chi connectivity index (χ1n) is 10.8. The number of aromatic nitrogens is 4. The molecule has 31 heavy (non-hydrogen) atoms. The minimum atomic E-state index is -0.334. The average Bonchev–Trinajstić information content (AvgIpc) is 2.97. The molecule has 2 heterocycles. The summed E-state index contributed by atoms with van der Waals surface area (Å²) in [5.74, 6) is -0.334. The number of nitrogens with one attached hydrogen (secondary N) is 1. The summed E-state index contributed by atoms with van der Waals surface area (Å²) in [6.45, 7) is 3.73. The van der Waals surface area contributed by atoms with Crippen molar-refractivity contribution < 1.29 is 4.79 Å². The number of carbonyl (C=O) groups is 1. The molecule has 1 aromatic carbocycles. The number of aryl methyl sites for hydroxylation is 3. The largest absolute Gasteiger partial charge is 0.350 e. The fourth-order valence-electron chi connectivity index (χ4n) is 4.18. The number of hydrogen-bond acceptors (Lipinski definition) is 5. The summed E-state index contributed by atoms with van der Waals surface area (Å²) in [5, 5.41) is 13.0. The maximum Gasteiger partial charge on any atom is 0.275 e. The predicted molar refractivity (Wildman–Crippen MR) is 118 cm³/mol. The summed E-state index contributed by atoms with van der Waals surface area (Å²) < 4.78 is 2.62. The highest BCUT2D eigenvalue weighted by Crippen LogP contribution is 2.17. The molecule has 0 unspecified atom stereocenters. The molecule has 0 saturated carbocycles. The van der Waals surface area contributed by atoms with Crippen LogP contribution in [-0.2, 0) is 30.7 Å². The smallest absolute Gasteiger partial charge is 0.275 e. The van der Waals surface area contributed by atoms with Crippen LogP contribution in [0, 0.1) is 6.92 Å². The van der Waals surface area contributed by atoms with Crippen LogP contribution < -0.4 is 16.4 Å². The average molecular weight is 422 g/mol. The molecule has 8 heteroatoms. The molecule has 0 saturated heterocycles. The molecule has 1 amide bonds. The zero-order chi connectivity index (χ0) is 22.0. The number of nitrogens with zero attached hydrogens (tertiary/aromatic N) is 4. The van der Waals surface area contributed by atoms with E-state index in [0.717, 1.165) is 48.7 Å². The van der Waals surface area contributed by atoms with Crippen LogP contribution in [0.1, 0.15) is 43.1 Å². The van der Waals surface area contributed by atoms with Gasteiger partial charge in [0.05, 0.1) is 23.3 Å². The maximum atomic E-state index is 12.7. The van der Waals surface area contributed by atoms with Crippen LogP contribution in [0.25, 0.3) is 10.8 Å². The van der Waals surface area contributed by atoms with Crippen molar-refractivity contribution >= 4 is 16.7 Å². The van der Waals surface area contributed by atoms with Crippen molar-refractivity contribution in [2.45, 2.75) is 65.1 Å². The Labute approximate surface area is 179 Å². The highest BCUT2D eigenvalue weighted by molar-refractivity contribution is 5.83. The van der Waals surface area contributed by atoms with Gasteiger partial charge in [-0.2, -0.15) is 10.2 Å². The van der Waals surface area contributed by atoms with E-state index in [1.165, 1.54) is 9.36 Å². The highest BCUT2D eigenvalue weighted by atomic mass is 16.2. The van der Waals surface area contributed by atoms with Crippen LogP contribution in [0.2, 0.25) is 0 Å². The lowest BCUT2D eigenvalue weighted by molar-refractivity contribution is -0.122. The van der Waals surface area contributed by atoms with Gasteiger partial charge in [-0.05, 0) is 51.2 Å². The Morgan fingerprint density at radius 1 is 1.06 bits per heavy atom. The third-order valence-corrected chi connectivity index (χ3v) is 5.72. The number of hydrogen-bond donors (Lipinski definition) is 1. The fraction of sp³-hybridized carbons (Fsp3) is 0.435. The molecule has 1 aliphatic carbocycles. The molecule has 1 N–H and O–H groups in total. The van der Waals surface area contributed by atoms with Gasteiger partial charge in [0.2, 0.25) is 5.91 Å². The van der Waals surface area contributed by atoms with Gasteiger partial charge in [-0.15, -0.1) is 0 Å². The van der Waals surface area contributed by atoms with E-state index in [9.17, 15) is 14.4 Å². The quantitative estimate of drug-likeness (QED) is 0.633. The molecular formula is C23H27N5O3. The molecule has 0 fully saturated rings. The lowest BCUT2D eigenvalue weighted by atomic mass is 10.1. The monoisotopic (exact) mass is 421 g/mol. The van der Waals surface area contributed by atoms with Gasteiger partial charge in [0.1, 0.15) is 6.54 Å². The lowest BCUT2D eigenvalue weighted by Crippen LogP contribution is -2.42. The van der Waals surface area contributed by atoms with Crippen LogP contribution in [0.5, 0.6) is 0 Å². The van der Waals surface area contributed by atoms with E-state index in [-0.39, 0.29) is 36.2 Å². The standard InChI is InChI=1S/C23H27N5O3/c1-15(13-27-22(30)12-17-8-4-3-5-11-20(17)26-27)24-21(29)14-28-23(31)19-10-7-6-9-18(19)16(2)25-28/h6-7,9-10,12,15H,3-5,8,11,13-14H2,1-2H3,(H,24,29)/t15-/m1/s1. The van der Waals surface area contributed by atoms with Crippen LogP contribution in [0.4, 0.5) is 0 Å². The molecule has 0 bridgehead atoms. The van der Waals surface area contributed by atoms with Crippen molar-refractivity contribution in [3.63, 3.8) is 0 Å². The maximum absolute atomic E-state index is 12.7. The molecule has 1 aliphatic rings. The van der Waals surface area contributed by atoms with E-state index in [1.807, 2.05) is 26.0 Å². The van der Waals surface area contributed by atoms with Gasteiger partial charge >= 0.3 is 0 Å². The molecule has 8 nitrogen and oxygen atoms in total. The van der Waals surface area contributed by atoms with Gasteiger partial charge in [-0.25, -0.2) is 9.36 Å². The number of benzene rings is 1. The summed E-state index contributed by atoms with van der Waals surface area (Å²) in [6, 6.07) is 8.59. The van der Waals surface area contributed by atoms with E-state index in [1.54, 1.807) is 18.2 Å². The molecular weight excluding hydrogens is 394 g/mol. The Morgan fingerprint density at radius 2 is 1.81 bits per heavy atom. The molecule has 1 atom stereocenters. The van der Waals surface area contributed by atoms with Gasteiger partial charge in [-0.3, -0.25) is 14.4 Å². The number of fused-ring (bicyclic) bond motifs is 2. The highest BCUT2D eigenvalue weighted by Gasteiger charge is 2.16. The Balaban J connectivity index is 1.46. The van der Waals surface area contributed by atoms with E-state index in [4.69, 9.17) is 0 Å². The van der Waals surface area contributed by atoms with E-state index in [0.29, 0.717) is 11.1 Å². The molecule has 3 aromatic rings. The van der Waals surface area contributed by atoms with Crippen molar-refractivity contribution in [1.29, 1.82) is 0 Å². The third kappa shape index (κ3) is 4.57. The van der Waals surface area contributed by atoms with Gasteiger partial charge < -0.3 is 5.32 Å². The van der Waals surface area contributed by atoms with Gasteiger partial charge in [0, 0.05) is 17.5 Å². The first-order chi connectivity index (χ1) is 14.9. The van der Waals surface area contributed by atoms with Crippen LogP contribution >= 0.6 is 0 Å². The Bertz CT molecular complexity index is 1240. The summed E-state index contributed by atoms with van der Waals surface area (Å²) >= 11 is 0. The topological polar surface area (TPSA) is 98.9 Å². The van der Waals surface area contributed by atoms with E-state index >= 15 is 0 Å². The Morgan fingerprint density at radius 3 is 2.61 bits per heavy atom. The van der Waals surface area contributed by atoms with E-state index in [2.05, 4.69) is 15.5 Å². The Kier molecular flexibility index (Phi) is 5.97. The molecule has 0 radical (unpaired) electrons. The second kappa shape index (κ2) is 8.83. The minimum absolute atomic E-state index is 0.148. The predicted octanol–water partition coefficient (Wildman–Crippen LogP) is 1.74. The summed E-state index contributed by atoms with van der Waals surface area (Å²) in [6.07, 6.45) is 5.10. The second-order valence-electron chi connectivity index (χ2n) is 8.26. The van der Waals surface area contributed by atoms with E-state index < -0.39 is 0 Å². The van der Waals surface area contributed by atoms with Crippen molar-refractivity contribution in [3.05, 3.63) is 68.0 Å². The number of rotatable bonds is 5. The van der Waals surface area contributed by atoms with Crippen molar-refractivity contribution in [2.75, 3.05) is 0 Å². The molecule has 0 aliphatic heterocycles. The normalized spacial score (nSPS) is 14.6. The summed E-state index contributed by atoms with van der Waals surface area (Å²) in [4.78, 5) is 37.7. The number of carbonyl (C=O) groups excluding carboxylic acids is 1. The third-order valence-electron chi connectivity index (χ3n) is 5.72. The first-order valence-corrected chi connectivity index (χ1v) is 10.8. The van der Waals surface area contributed by atoms with Crippen molar-refractivity contribution in [2.24, 2.45) is 0 Å². The van der Waals surface area contributed by atoms with Crippen LogP contribution in [0.3, 0.4) is 0 Å². The van der Waals surface area contributed by atoms with Crippen LogP contribution in [0.15, 0.2) is 39.9 Å². The van der Waals surface area contributed by atoms with Gasteiger partial charge in [0.25, 0.3) is 11.1 Å². The molecule has 0 spiro atoms. The van der Waals surface area contributed by atoms with Gasteiger partial charge in [0.15, 0.2) is 0 Å². The number of amides is 1. The fourth-order valence-corrected chi connectivity index (χ4v) is 4.18. The molecule has 4 rings (SSSR count). The summed E-state index contributed by atoms with van der Waals surface area (Å²) in [5.41, 5.74) is 2.28. The van der Waals surface area contributed by atoms with Gasteiger partial charge in [-0.1, -0.05) is 24.6 Å². The first kappa shape index (κ1) is 21.0. The zero-order valence-electron chi connectivity index (χ0n) is 17.9. The van der Waals surface area contributed by atoms with Crippen LogP contribution in [-0.4, -0.2) is 31.5 Å². The zero-order valence-corrected chi connectivity index (χ0v) is 17.9. The summed E-state index contributed by atoms with van der Waals surface area (Å²) in [7, 11) is 0. The minimum Gasteiger partial charge on any atom is -0.350 e. The van der Waals surface area contributed by atoms with Crippen molar-refractivity contribution in [3.8, 4) is 0 Å². The van der Waals surface area contributed by atoms with Crippen molar-refractivity contribution in [1.82, 2.24) is 24.9 Å². The Hall–Kier alpha value is -3.29. The molecule has 2 aromatic heterocycles. The SMILES string of the molecule is Cc1nn(CC(=O)N[C@H](C)Cn2nc3c(cc2=O)CCCCC3)c(=O)c2ccccc12. The molecule has 162 valence electrons.